The fourth-order valence-corrected chi connectivity index (χ4v) is 4.12. The zero-order valence-corrected chi connectivity index (χ0v) is 18.6. The number of esters is 1. The van der Waals surface area contributed by atoms with E-state index in [9.17, 15) is 9.59 Å². The van der Waals surface area contributed by atoms with Gasteiger partial charge in [-0.15, -0.1) is 0 Å². The second-order valence-corrected chi connectivity index (χ2v) is 8.04. The number of rotatable bonds is 5. The second kappa shape index (κ2) is 9.30. The number of ether oxygens (including phenoxy) is 1. The Morgan fingerprint density at radius 3 is 2.56 bits per heavy atom. The van der Waals surface area contributed by atoms with Gasteiger partial charge in [0.1, 0.15) is 5.58 Å². The minimum absolute atomic E-state index is 0.0496. The van der Waals surface area contributed by atoms with Crippen molar-refractivity contribution in [1.29, 1.82) is 0 Å². The lowest BCUT2D eigenvalue weighted by Crippen LogP contribution is -2.45. The van der Waals surface area contributed by atoms with Gasteiger partial charge >= 0.3 is 5.97 Å². The van der Waals surface area contributed by atoms with Crippen molar-refractivity contribution in [2.45, 2.75) is 18.9 Å². The van der Waals surface area contributed by atoms with Crippen molar-refractivity contribution in [2.75, 3.05) is 25.1 Å². The van der Waals surface area contributed by atoms with E-state index < -0.39 is 5.97 Å². The normalized spacial score (nSPS) is 14.2. The van der Waals surface area contributed by atoms with Crippen LogP contribution in [0.4, 0.5) is 5.95 Å². The third kappa shape index (κ3) is 4.32. The number of benzene rings is 1. The molecule has 3 aromatic heterocycles. The Morgan fingerprint density at radius 1 is 1.03 bits per heavy atom. The van der Waals surface area contributed by atoms with Gasteiger partial charge in [-0.3, -0.25) is 9.78 Å². The average molecular weight is 457 g/mol. The molecular weight excluding hydrogens is 434 g/mol. The van der Waals surface area contributed by atoms with E-state index in [4.69, 9.17) is 9.15 Å². The largest absolute Gasteiger partial charge is 0.464 e. The number of pyridine rings is 1. The lowest BCUT2D eigenvalue weighted by molar-refractivity contribution is 0.0593. The lowest BCUT2D eigenvalue weighted by atomic mass is 10.0. The summed E-state index contributed by atoms with van der Waals surface area (Å²) >= 11 is 0. The van der Waals surface area contributed by atoms with Crippen LogP contribution >= 0.6 is 0 Å². The third-order valence-corrected chi connectivity index (χ3v) is 5.95. The van der Waals surface area contributed by atoms with Crippen LogP contribution in [0.2, 0.25) is 0 Å². The van der Waals surface area contributed by atoms with E-state index in [1.54, 1.807) is 18.7 Å². The lowest BCUT2D eigenvalue weighted by Gasteiger charge is -2.32. The van der Waals surface area contributed by atoms with Crippen LogP contribution in [0.25, 0.3) is 22.2 Å². The van der Waals surface area contributed by atoms with Gasteiger partial charge in [0.15, 0.2) is 5.69 Å². The van der Waals surface area contributed by atoms with Gasteiger partial charge in [0.25, 0.3) is 5.91 Å². The molecule has 0 saturated carbocycles. The van der Waals surface area contributed by atoms with Gasteiger partial charge in [-0.25, -0.2) is 14.8 Å². The summed E-state index contributed by atoms with van der Waals surface area (Å²) in [7, 11) is 1.32. The predicted octanol–water partition coefficient (Wildman–Crippen LogP) is 3.47. The first-order valence-corrected chi connectivity index (χ1v) is 11.0. The molecular formula is C25H23N5O4. The number of aromatic nitrogens is 3. The SMILES string of the molecule is COC(=O)c1ccnc(N2CCC(NC(=O)c3ccc(-c4nccc5occc45)cc3)CC2)n1. The molecule has 9 heteroatoms. The van der Waals surface area contributed by atoms with Crippen LogP contribution in [-0.4, -0.2) is 53.1 Å². The fraction of sp³-hybridized carbons (Fsp3) is 0.240. The first kappa shape index (κ1) is 21.6. The van der Waals surface area contributed by atoms with Crippen LogP contribution in [-0.2, 0) is 4.74 Å². The van der Waals surface area contributed by atoms with Crippen molar-refractivity contribution in [3.63, 3.8) is 0 Å². The van der Waals surface area contributed by atoms with E-state index >= 15 is 0 Å². The molecule has 4 heterocycles. The number of furan rings is 1. The minimum Gasteiger partial charge on any atom is -0.464 e. The van der Waals surface area contributed by atoms with E-state index in [0.29, 0.717) is 24.6 Å². The molecule has 1 amide bonds. The van der Waals surface area contributed by atoms with Gasteiger partial charge in [0, 0.05) is 48.0 Å². The van der Waals surface area contributed by atoms with Crippen LogP contribution in [0, 0.1) is 0 Å². The molecule has 34 heavy (non-hydrogen) atoms. The quantitative estimate of drug-likeness (QED) is 0.454. The molecule has 0 aliphatic carbocycles. The first-order chi connectivity index (χ1) is 16.6. The minimum atomic E-state index is -0.492. The topological polar surface area (TPSA) is 110 Å². The highest BCUT2D eigenvalue weighted by Crippen LogP contribution is 2.27. The van der Waals surface area contributed by atoms with Gasteiger partial charge < -0.3 is 19.4 Å². The number of carbonyl (C=O) groups is 2. The molecule has 4 aromatic rings. The Balaban J connectivity index is 1.20. The summed E-state index contributed by atoms with van der Waals surface area (Å²) in [4.78, 5) is 39.6. The summed E-state index contributed by atoms with van der Waals surface area (Å²) in [6, 6.07) is 12.7. The van der Waals surface area contributed by atoms with Crippen LogP contribution in [0.1, 0.15) is 33.7 Å². The maximum Gasteiger partial charge on any atom is 0.356 e. The van der Waals surface area contributed by atoms with Gasteiger partial charge in [-0.2, -0.15) is 0 Å². The molecule has 1 N–H and O–H groups in total. The van der Waals surface area contributed by atoms with Crippen molar-refractivity contribution in [1.82, 2.24) is 20.3 Å². The Bertz CT molecular complexity index is 1330. The smallest absolute Gasteiger partial charge is 0.356 e. The number of nitrogens with zero attached hydrogens (tertiary/aromatic N) is 4. The molecule has 0 bridgehead atoms. The number of fused-ring (bicyclic) bond motifs is 1. The first-order valence-electron chi connectivity index (χ1n) is 11.0. The zero-order chi connectivity index (χ0) is 23.5. The molecule has 9 nitrogen and oxygen atoms in total. The fourth-order valence-electron chi connectivity index (χ4n) is 4.12. The van der Waals surface area contributed by atoms with Gasteiger partial charge in [-0.1, -0.05) is 12.1 Å². The van der Waals surface area contributed by atoms with Crippen LogP contribution in [0.15, 0.2) is 65.5 Å². The van der Waals surface area contributed by atoms with Gasteiger partial charge in [0.2, 0.25) is 5.95 Å². The standard InChI is InChI=1S/C25H23N5O4/c1-33-24(32)20-6-11-27-25(29-20)30-13-8-18(9-14-30)28-23(31)17-4-2-16(3-5-17)22-19-10-15-34-21(19)7-12-26-22/h2-7,10-12,15,18H,8-9,13-14H2,1H3,(H,28,31). The summed E-state index contributed by atoms with van der Waals surface area (Å²) in [5, 5.41) is 4.06. The van der Waals surface area contributed by atoms with Crippen molar-refractivity contribution in [3.05, 3.63) is 72.4 Å². The molecule has 0 unspecified atom stereocenters. The highest BCUT2D eigenvalue weighted by molar-refractivity contribution is 5.96. The van der Waals surface area contributed by atoms with Crippen molar-refractivity contribution in [3.8, 4) is 11.3 Å². The molecule has 0 radical (unpaired) electrons. The Hall–Kier alpha value is -4.27. The van der Waals surface area contributed by atoms with Crippen LogP contribution in [0.5, 0.6) is 0 Å². The van der Waals surface area contributed by atoms with E-state index in [1.165, 1.54) is 13.2 Å². The third-order valence-electron chi connectivity index (χ3n) is 5.95. The molecule has 1 aromatic carbocycles. The molecule has 1 aliphatic heterocycles. The van der Waals surface area contributed by atoms with Crippen molar-refractivity contribution >= 4 is 28.8 Å². The van der Waals surface area contributed by atoms with Gasteiger partial charge in [-0.05, 0) is 43.2 Å². The molecule has 172 valence electrons. The molecule has 1 aliphatic rings. The summed E-state index contributed by atoms with van der Waals surface area (Å²) in [6.07, 6.45) is 6.41. The Kier molecular flexibility index (Phi) is 5.90. The van der Waals surface area contributed by atoms with Gasteiger partial charge in [0.05, 0.1) is 19.1 Å². The summed E-state index contributed by atoms with van der Waals surface area (Å²) < 4.78 is 10.2. The number of anilines is 1. The number of nitrogens with one attached hydrogen (secondary N) is 1. The number of piperidine rings is 1. The average Bonchev–Trinajstić information content (AvgIpc) is 3.38. The molecule has 1 saturated heterocycles. The highest BCUT2D eigenvalue weighted by Gasteiger charge is 2.23. The number of methoxy groups -OCH3 is 1. The highest BCUT2D eigenvalue weighted by atomic mass is 16.5. The number of hydrogen-bond acceptors (Lipinski definition) is 8. The Labute approximate surface area is 195 Å². The van der Waals surface area contributed by atoms with Crippen molar-refractivity contribution in [2.24, 2.45) is 0 Å². The monoisotopic (exact) mass is 457 g/mol. The number of amides is 1. The maximum atomic E-state index is 12.8. The molecule has 5 rings (SSSR count). The van der Waals surface area contributed by atoms with E-state index in [2.05, 4.69) is 20.3 Å². The zero-order valence-electron chi connectivity index (χ0n) is 18.6. The molecule has 0 spiro atoms. The van der Waals surface area contributed by atoms with Crippen LogP contribution < -0.4 is 10.2 Å². The molecule has 1 fully saturated rings. The second-order valence-electron chi connectivity index (χ2n) is 8.04. The van der Waals surface area contributed by atoms with Crippen molar-refractivity contribution < 1.29 is 18.7 Å². The maximum absolute atomic E-state index is 12.8. The van der Waals surface area contributed by atoms with Crippen LogP contribution in [0.3, 0.4) is 0 Å². The van der Waals surface area contributed by atoms with E-state index in [0.717, 1.165) is 35.1 Å². The van der Waals surface area contributed by atoms with E-state index in [-0.39, 0.29) is 17.6 Å². The predicted molar refractivity (Wildman–Crippen MR) is 126 cm³/mol. The summed E-state index contributed by atoms with van der Waals surface area (Å²) in [6.45, 7) is 1.35. The molecule has 0 atom stereocenters. The number of hydrogen-bond donors (Lipinski definition) is 1. The Morgan fingerprint density at radius 2 is 1.79 bits per heavy atom. The summed E-state index contributed by atoms with van der Waals surface area (Å²) in [5.74, 6) is -0.109. The number of carbonyl (C=O) groups excluding carboxylic acids is 2. The summed E-state index contributed by atoms with van der Waals surface area (Å²) in [5.41, 5.74) is 3.35. The van der Waals surface area contributed by atoms with E-state index in [1.807, 2.05) is 41.3 Å².